The Labute approximate surface area is 107 Å². The standard InChI is InChI=1S/C11H11F3N4O/c1-7(2)8-5-18(6-15-8)9-3-4-10(17-16-9)19-11(12,13)14/h3-7H,1-2H3. The van der Waals surface area contributed by atoms with Gasteiger partial charge in [-0.1, -0.05) is 13.8 Å². The second kappa shape index (κ2) is 4.87. The van der Waals surface area contributed by atoms with Crippen molar-refractivity contribution in [2.75, 3.05) is 0 Å². The Morgan fingerprint density at radius 2 is 1.95 bits per heavy atom. The molecule has 2 heterocycles. The van der Waals surface area contributed by atoms with Crippen LogP contribution in [0.15, 0.2) is 24.7 Å². The first-order chi connectivity index (χ1) is 8.85. The molecule has 2 rings (SSSR count). The van der Waals surface area contributed by atoms with Crippen molar-refractivity contribution in [1.82, 2.24) is 19.7 Å². The number of ether oxygens (including phenoxy) is 1. The normalized spacial score (nSPS) is 11.9. The minimum absolute atomic E-state index is 0.252. The second-order valence-electron chi connectivity index (χ2n) is 4.14. The van der Waals surface area contributed by atoms with Gasteiger partial charge in [0.1, 0.15) is 6.33 Å². The van der Waals surface area contributed by atoms with E-state index in [1.165, 1.54) is 12.4 Å². The van der Waals surface area contributed by atoms with E-state index in [4.69, 9.17) is 0 Å². The van der Waals surface area contributed by atoms with E-state index in [9.17, 15) is 13.2 Å². The first-order valence-electron chi connectivity index (χ1n) is 5.49. The Morgan fingerprint density at radius 3 is 2.42 bits per heavy atom. The van der Waals surface area contributed by atoms with Gasteiger partial charge in [-0.2, -0.15) is 0 Å². The molecule has 0 saturated heterocycles. The lowest BCUT2D eigenvalue weighted by atomic mass is 10.2. The Morgan fingerprint density at radius 1 is 1.21 bits per heavy atom. The molecule has 102 valence electrons. The van der Waals surface area contributed by atoms with Crippen LogP contribution in [0.25, 0.3) is 5.82 Å². The predicted molar refractivity (Wildman–Crippen MR) is 59.9 cm³/mol. The van der Waals surface area contributed by atoms with Crippen LogP contribution in [0.2, 0.25) is 0 Å². The van der Waals surface area contributed by atoms with Crippen LogP contribution in [-0.4, -0.2) is 26.1 Å². The van der Waals surface area contributed by atoms with E-state index < -0.39 is 12.2 Å². The van der Waals surface area contributed by atoms with Gasteiger partial charge in [-0.15, -0.1) is 23.4 Å². The SMILES string of the molecule is CC(C)c1cn(-c2ccc(OC(F)(F)F)nn2)cn1. The third-order valence-electron chi connectivity index (χ3n) is 2.30. The second-order valence-corrected chi connectivity index (χ2v) is 4.14. The van der Waals surface area contributed by atoms with Crippen molar-refractivity contribution in [3.63, 3.8) is 0 Å². The lowest BCUT2D eigenvalue weighted by Gasteiger charge is -2.07. The molecule has 0 aromatic carbocycles. The number of alkyl halides is 3. The van der Waals surface area contributed by atoms with Crippen LogP contribution in [0.4, 0.5) is 13.2 Å². The minimum atomic E-state index is -4.77. The van der Waals surface area contributed by atoms with Gasteiger partial charge in [-0.3, -0.25) is 4.57 Å². The molecule has 0 aliphatic carbocycles. The number of imidazole rings is 1. The van der Waals surface area contributed by atoms with Crippen molar-refractivity contribution in [2.24, 2.45) is 0 Å². The topological polar surface area (TPSA) is 52.8 Å². The molecule has 0 unspecified atom stereocenters. The highest BCUT2D eigenvalue weighted by atomic mass is 19.4. The summed E-state index contributed by atoms with van der Waals surface area (Å²) in [5, 5.41) is 7.01. The lowest BCUT2D eigenvalue weighted by Crippen LogP contribution is -2.18. The van der Waals surface area contributed by atoms with Gasteiger partial charge >= 0.3 is 6.36 Å². The molecule has 19 heavy (non-hydrogen) atoms. The molecule has 0 radical (unpaired) electrons. The molecule has 5 nitrogen and oxygen atoms in total. The van der Waals surface area contributed by atoms with Crippen LogP contribution in [-0.2, 0) is 0 Å². The van der Waals surface area contributed by atoms with Gasteiger partial charge < -0.3 is 4.74 Å². The van der Waals surface area contributed by atoms with E-state index in [2.05, 4.69) is 19.9 Å². The van der Waals surface area contributed by atoms with E-state index in [1.807, 2.05) is 13.8 Å². The smallest absolute Gasteiger partial charge is 0.386 e. The van der Waals surface area contributed by atoms with Crippen LogP contribution in [0, 0.1) is 0 Å². The highest BCUT2D eigenvalue weighted by molar-refractivity contribution is 5.25. The van der Waals surface area contributed by atoms with Crippen molar-refractivity contribution in [1.29, 1.82) is 0 Å². The highest BCUT2D eigenvalue weighted by Crippen LogP contribution is 2.20. The average molecular weight is 272 g/mol. The molecule has 0 bridgehead atoms. The Bertz CT molecular complexity index is 548. The number of hydrogen-bond acceptors (Lipinski definition) is 4. The maximum absolute atomic E-state index is 12.0. The average Bonchev–Trinajstić information content (AvgIpc) is 2.77. The van der Waals surface area contributed by atoms with E-state index in [-0.39, 0.29) is 5.92 Å². The van der Waals surface area contributed by atoms with E-state index >= 15 is 0 Å². The number of hydrogen-bond donors (Lipinski definition) is 0. The quantitative estimate of drug-likeness (QED) is 0.862. The van der Waals surface area contributed by atoms with E-state index in [1.54, 1.807) is 10.8 Å². The molecule has 2 aromatic rings. The van der Waals surface area contributed by atoms with Gasteiger partial charge in [0.25, 0.3) is 0 Å². The summed E-state index contributed by atoms with van der Waals surface area (Å²) in [6.45, 7) is 3.97. The van der Waals surface area contributed by atoms with Crippen molar-refractivity contribution in [2.45, 2.75) is 26.1 Å². The molecule has 2 aromatic heterocycles. The number of halogens is 3. The molecular weight excluding hydrogens is 261 g/mol. The highest BCUT2D eigenvalue weighted by Gasteiger charge is 2.31. The maximum Gasteiger partial charge on any atom is 0.574 e. The third kappa shape index (κ3) is 3.43. The van der Waals surface area contributed by atoms with Crippen LogP contribution in [0.5, 0.6) is 5.88 Å². The molecule has 0 aliphatic rings. The summed E-state index contributed by atoms with van der Waals surface area (Å²) in [5.74, 6) is 0.0245. The summed E-state index contributed by atoms with van der Waals surface area (Å²) in [6.07, 6.45) is -1.49. The van der Waals surface area contributed by atoms with Gasteiger partial charge in [0.15, 0.2) is 5.82 Å². The van der Waals surface area contributed by atoms with Crippen LogP contribution < -0.4 is 4.74 Å². The monoisotopic (exact) mass is 272 g/mol. The van der Waals surface area contributed by atoms with Crippen molar-refractivity contribution in [3.8, 4) is 11.7 Å². The molecule has 8 heteroatoms. The molecule has 0 atom stereocenters. The minimum Gasteiger partial charge on any atom is -0.386 e. The number of nitrogens with zero attached hydrogens (tertiary/aromatic N) is 4. The summed E-state index contributed by atoms with van der Waals surface area (Å²) in [6, 6.07) is 2.48. The maximum atomic E-state index is 12.0. The summed E-state index contributed by atoms with van der Waals surface area (Å²) >= 11 is 0. The summed E-state index contributed by atoms with van der Waals surface area (Å²) in [7, 11) is 0. The van der Waals surface area contributed by atoms with E-state index in [0.29, 0.717) is 5.82 Å². The van der Waals surface area contributed by atoms with Crippen LogP contribution >= 0.6 is 0 Å². The summed E-state index contributed by atoms with van der Waals surface area (Å²) < 4.78 is 41.1. The Balaban J connectivity index is 2.17. The largest absolute Gasteiger partial charge is 0.574 e. The predicted octanol–water partition coefficient (Wildman–Crippen LogP) is 2.68. The summed E-state index contributed by atoms with van der Waals surface area (Å²) in [4.78, 5) is 4.16. The molecular formula is C11H11F3N4O. The molecule has 0 amide bonds. The van der Waals surface area contributed by atoms with E-state index in [0.717, 1.165) is 11.8 Å². The fourth-order valence-corrected chi connectivity index (χ4v) is 1.39. The number of rotatable bonds is 3. The third-order valence-corrected chi connectivity index (χ3v) is 2.30. The molecule has 0 fully saturated rings. The van der Waals surface area contributed by atoms with Gasteiger partial charge in [-0.25, -0.2) is 4.98 Å². The first-order valence-corrected chi connectivity index (χ1v) is 5.49. The van der Waals surface area contributed by atoms with Crippen molar-refractivity contribution < 1.29 is 17.9 Å². The van der Waals surface area contributed by atoms with Gasteiger partial charge in [0.05, 0.1) is 5.69 Å². The molecule has 0 saturated carbocycles. The van der Waals surface area contributed by atoms with Crippen LogP contribution in [0.1, 0.15) is 25.5 Å². The summed E-state index contributed by atoms with van der Waals surface area (Å²) in [5.41, 5.74) is 0.859. The molecule has 0 spiro atoms. The number of aromatic nitrogens is 4. The lowest BCUT2D eigenvalue weighted by molar-refractivity contribution is -0.276. The molecule has 0 aliphatic heterocycles. The van der Waals surface area contributed by atoms with Crippen LogP contribution in [0.3, 0.4) is 0 Å². The zero-order valence-electron chi connectivity index (χ0n) is 10.2. The zero-order valence-corrected chi connectivity index (χ0v) is 10.2. The van der Waals surface area contributed by atoms with Crippen molar-refractivity contribution in [3.05, 3.63) is 30.4 Å². The fraction of sp³-hybridized carbons (Fsp3) is 0.364. The first kappa shape index (κ1) is 13.3. The van der Waals surface area contributed by atoms with Crippen molar-refractivity contribution >= 4 is 0 Å². The van der Waals surface area contributed by atoms with Gasteiger partial charge in [0.2, 0.25) is 5.88 Å². The Hall–Kier alpha value is -2.12. The Kier molecular flexibility index (Phi) is 3.41. The molecule has 0 N–H and O–H groups in total. The van der Waals surface area contributed by atoms with Gasteiger partial charge in [0, 0.05) is 12.3 Å². The fourth-order valence-electron chi connectivity index (χ4n) is 1.39. The van der Waals surface area contributed by atoms with Gasteiger partial charge in [-0.05, 0) is 12.0 Å². The zero-order chi connectivity index (χ0) is 14.0.